The van der Waals surface area contributed by atoms with Crippen LogP contribution in [0.4, 0.5) is 14.9 Å². The summed E-state index contributed by atoms with van der Waals surface area (Å²) in [5, 5.41) is 2.34. The summed E-state index contributed by atoms with van der Waals surface area (Å²) in [5.74, 6) is -1.60. The molecule has 0 atom stereocenters. The normalized spacial score (nSPS) is 14.7. The highest BCUT2D eigenvalue weighted by Crippen LogP contribution is 2.38. The highest BCUT2D eigenvalue weighted by Gasteiger charge is 2.37. The molecule has 1 aliphatic heterocycles. The molecule has 1 fully saturated rings. The van der Waals surface area contributed by atoms with E-state index < -0.39 is 23.7 Å². The molecule has 0 aromatic heterocycles. The first-order chi connectivity index (χ1) is 17.7. The van der Waals surface area contributed by atoms with Crippen molar-refractivity contribution in [1.29, 1.82) is 0 Å². The van der Waals surface area contributed by atoms with Crippen LogP contribution in [-0.2, 0) is 16.2 Å². The Hall–Kier alpha value is -3.69. The van der Waals surface area contributed by atoms with Crippen LogP contribution < -0.4 is 19.7 Å². The Labute approximate surface area is 225 Å². The second-order valence-electron chi connectivity index (χ2n) is 8.03. The molecule has 3 aromatic rings. The molecule has 10 heteroatoms. The van der Waals surface area contributed by atoms with Gasteiger partial charge in [0.05, 0.1) is 17.3 Å². The van der Waals surface area contributed by atoms with E-state index in [0.717, 1.165) is 9.37 Å². The number of nitrogens with zero attached hydrogens (tertiary/aromatic N) is 1. The van der Waals surface area contributed by atoms with E-state index in [9.17, 15) is 18.8 Å². The molecule has 1 heterocycles. The van der Waals surface area contributed by atoms with Crippen molar-refractivity contribution in [2.45, 2.75) is 20.5 Å². The monoisotopic (exact) mass is 586 g/mol. The average Bonchev–Trinajstić information content (AvgIpc) is 2.83. The maximum atomic E-state index is 14.0. The Bertz CT molecular complexity index is 1440. The summed E-state index contributed by atoms with van der Waals surface area (Å²) in [4.78, 5) is 39.4. The number of rotatable bonds is 7. The molecule has 1 aliphatic rings. The van der Waals surface area contributed by atoms with Gasteiger partial charge in [0, 0.05) is 10.0 Å². The Morgan fingerprint density at radius 2 is 1.84 bits per heavy atom. The summed E-state index contributed by atoms with van der Waals surface area (Å²) in [6.07, 6.45) is 1.32. The van der Waals surface area contributed by atoms with E-state index in [0.29, 0.717) is 22.4 Å². The summed E-state index contributed by atoms with van der Waals surface area (Å²) >= 11 is 9.82. The maximum absolute atomic E-state index is 14.0. The number of anilines is 1. The first kappa shape index (κ1) is 26.4. The number of carbonyl (C=O) groups excluding carboxylic acids is 3. The number of carbonyl (C=O) groups is 3. The van der Waals surface area contributed by atoms with Gasteiger partial charge in [0.1, 0.15) is 18.0 Å². The molecule has 7 nitrogen and oxygen atoms in total. The Balaban J connectivity index is 1.68. The van der Waals surface area contributed by atoms with Gasteiger partial charge in [-0.05, 0) is 67.4 Å². The molecule has 0 unspecified atom stereocenters. The number of ether oxygens (including phenoxy) is 2. The van der Waals surface area contributed by atoms with Gasteiger partial charge in [0.25, 0.3) is 11.8 Å². The van der Waals surface area contributed by atoms with Crippen molar-refractivity contribution in [3.05, 3.63) is 92.2 Å². The van der Waals surface area contributed by atoms with Crippen molar-refractivity contribution in [3.63, 3.8) is 0 Å². The second-order valence-corrected chi connectivity index (χ2v) is 9.35. The van der Waals surface area contributed by atoms with Crippen molar-refractivity contribution in [2.75, 3.05) is 11.5 Å². The molecular weight excluding hydrogens is 567 g/mol. The SMILES string of the molecule is CCOc1cc(/C=C2/C(=O)NC(=O)N(c3ccc(Br)cc3C)C2=O)cc(Cl)c1OCc1ccccc1F. The molecule has 0 spiro atoms. The topological polar surface area (TPSA) is 84.9 Å². The van der Waals surface area contributed by atoms with E-state index >= 15 is 0 Å². The molecule has 37 heavy (non-hydrogen) atoms. The number of nitrogens with one attached hydrogen (secondary N) is 1. The predicted molar refractivity (Wildman–Crippen MR) is 141 cm³/mol. The first-order valence-corrected chi connectivity index (χ1v) is 12.4. The van der Waals surface area contributed by atoms with Gasteiger partial charge in [0.2, 0.25) is 0 Å². The van der Waals surface area contributed by atoms with Gasteiger partial charge in [0.15, 0.2) is 11.5 Å². The fourth-order valence-corrected chi connectivity index (χ4v) is 4.50. The average molecular weight is 588 g/mol. The molecule has 0 bridgehead atoms. The Morgan fingerprint density at radius 3 is 2.54 bits per heavy atom. The van der Waals surface area contributed by atoms with E-state index in [1.165, 1.54) is 18.2 Å². The Kier molecular flexibility index (Phi) is 7.94. The number of aryl methyl sites for hydroxylation is 1. The molecule has 0 radical (unpaired) electrons. The molecule has 0 saturated carbocycles. The molecule has 3 aromatic carbocycles. The van der Waals surface area contributed by atoms with E-state index in [-0.39, 0.29) is 35.3 Å². The fraction of sp³-hybridized carbons (Fsp3) is 0.148. The van der Waals surface area contributed by atoms with E-state index in [1.54, 1.807) is 56.3 Å². The van der Waals surface area contributed by atoms with Crippen molar-refractivity contribution in [2.24, 2.45) is 0 Å². The number of halogens is 3. The van der Waals surface area contributed by atoms with E-state index in [2.05, 4.69) is 21.2 Å². The lowest BCUT2D eigenvalue weighted by Crippen LogP contribution is -2.54. The molecular formula is C27H21BrClFN2O5. The van der Waals surface area contributed by atoms with Crippen molar-refractivity contribution in [1.82, 2.24) is 5.32 Å². The fourth-order valence-electron chi connectivity index (χ4n) is 3.75. The minimum absolute atomic E-state index is 0.0859. The number of imide groups is 2. The highest BCUT2D eigenvalue weighted by molar-refractivity contribution is 9.10. The van der Waals surface area contributed by atoms with Crippen LogP contribution in [0, 0.1) is 12.7 Å². The van der Waals surface area contributed by atoms with E-state index in [4.69, 9.17) is 21.1 Å². The largest absolute Gasteiger partial charge is 0.490 e. The van der Waals surface area contributed by atoms with Gasteiger partial charge in [-0.2, -0.15) is 0 Å². The first-order valence-electron chi connectivity index (χ1n) is 11.2. The minimum Gasteiger partial charge on any atom is -0.490 e. The molecule has 1 saturated heterocycles. The lowest BCUT2D eigenvalue weighted by atomic mass is 10.1. The van der Waals surface area contributed by atoms with Crippen molar-refractivity contribution < 1.29 is 28.2 Å². The highest BCUT2D eigenvalue weighted by atomic mass is 79.9. The number of urea groups is 1. The van der Waals surface area contributed by atoms with Gasteiger partial charge in [-0.25, -0.2) is 14.1 Å². The van der Waals surface area contributed by atoms with Crippen LogP contribution in [0.2, 0.25) is 5.02 Å². The third-order valence-electron chi connectivity index (χ3n) is 5.47. The predicted octanol–water partition coefficient (Wildman–Crippen LogP) is 6.19. The van der Waals surface area contributed by atoms with Gasteiger partial charge in [-0.3, -0.25) is 14.9 Å². The smallest absolute Gasteiger partial charge is 0.335 e. The third kappa shape index (κ3) is 5.68. The van der Waals surface area contributed by atoms with Crippen LogP contribution in [0.3, 0.4) is 0 Å². The summed E-state index contributed by atoms with van der Waals surface area (Å²) in [6.45, 7) is 3.70. The van der Waals surface area contributed by atoms with Gasteiger partial charge in [-0.15, -0.1) is 0 Å². The van der Waals surface area contributed by atoms with Crippen LogP contribution in [0.1, 0.15) is 23.6 Å². The summed E-state index contributed by atoms with van der Waals surface area (Å²) in [7, 11) is 0. The summed E-state index contributed by atoms with van der Waals surface area (Å²) < 4.78 is 26.2. The van der Waals surface area contributed by atoms with Crippen LogP contribution >= 0.6 is 27.5 Å². The zero-order chi connectivity index (χ0) is 26.7. The van der Waals surface area contributed by atoms with Gasteiger partial charge < -0.3 is 9.47 Å². The molecule has 1 N–H and O–H groups in total. The number of hydrogen-bond acceptors (Lipinski definition) is 5. The van der Waals surface area contributed by atoms with Crippen LogP contribution in [-0.4, -0.2) is 24.5 Å². The summed E-state index contributed by atoms with van der Waals surface area (Å²) in [6, 6.07) is 13.4. The number of amides is 4. The maximum Gasteiger partial charge on any atom is 0.335 e. The summed E-state index contributed by atoms with van der Waals surface area (Å²) in [5.41, 5.74) is 1.44. The number of hydrogen-bond donors (Lipinski definition) is 1. The Morgan fingerprint density at radius 1 is 1.08 bits per heavy atom. The quantitative estimate of drug-likeness (QED) is 0.263. The standard InChI is InChI=1S/C27H21BrClFN2O5/c1-3-36-23-13-16(12-20(29)24(23)37-14-17-6-4-5-7-21(17)30)11-19-25(33)31-27(35)32(26(19)34)22-9-8-18(28)10-15(22)2/h4-13H,3,14H2,1-2H3,(H,31,33,35)/b19-11-. The minimum atomic E-state index is -0.845. The zero-order valence-electron chi connectivity index (χ0n) is 19.8. The van der Waals surface area contributed by atoms with Crippen LogP contribution in [0.15, 0.2) is 64.6 Å². The van der Waals surface area contributed by atoms with Crippen molar-refractivity contribution >= 4 is 57.1 Å². The van der Waals surface area contributed by atoms with Gasteiger partial charge >= 0.3 is 6.03 Å². The lowest BCUT2D eigenvalue weighted by molar-refractivity contribution is -0.122. The number of benzene rings is 3. The van der Waals surface area contributed by atoms with Crippen LogP contribution in [0.25, 0.3) is 6.08 Å². The zero-order valence-corrected chi connectivity index (χ0v) is 22.2. The van der Waals surface area contributed by atoms with E-state index in [1.807, 2.05) is 0 Å². The molecule has 0 aliphatic carbocycles. The second kappa shape index (κ2) is 11.1. The van der Waals surface area contributed by atoms with Crippen molar-refractivity contribution in [3.8, 4) is 11.5 Å². The number of barbiturate groups is 1. The lowest BCUT2D eigenvalue weighted by Gasteiger charge is -2.27. The van der Waals surface area contributed by atoms with Crippen LogP contribution in [0.5, 0.6) is 11.5 Å². The molecule has 4 amide bonds. The van der Waals surface area contributed by atoms with Gasteiger partial charge in [-0.1, -0.05) is 45.7 Å². The third-order valence-corrected chi connectivity index (χ3v) is 6.25. The molecule has 4 rings (SSSR count). The molecule has 190 valence electrons.